The van der Waals surface area contributed by atoms with Gasteiger partial charge in [0.05, 0.1) is 12.2 Å². The topological polar surface area (TPSA) is 77.1 Å². The van der Waals surface area contributed by atoms with Crippen LogP contribution in [0.15, 0.2) is 54.7 Å². The van der Waals surface area contributed by atoms with Crippen LogP contribution in [0.2, 0.25) is 0 Å². The Labute approximate surface area is 168 Å². The second-order valence-electron chi connectivity index (χ2n) is 7.31. The molecule has 146 valence electrons. The number of hydrogen-bond donors (Lipinski definition) is 1. The van der Waals surface area contributed by atoms with Crippen molar-refractivity contribution in [2.24, 2.45) is 0 Å². The molecule has 0 aliphatic heterocycles. The maximum Gasteiger partial charge on any atom is 0.272 e. The number of nitrogens with one attached hydrogen (secondary N) is 1. The number of nitrogens with zero attached hydrogens (tertiary/aromatic N) is 5. The van der Waals surface area contributed by atoms with E-state index in [9.17, 15) is 4.79 Å². The van der Waals surface area contributed by atoms with Crippen LogP contribution in [0.1, 0.15) is 46.8 Å². The van der Waals surface area contributed by atoms with Gasteiger partial charge in [-0.1, -0.05) is 30.7 Å². The van der Waals surface area contributed by atoms with E-state index >= 15 is 0 Å². The fourth-order valence-electron chi connectivity index (χ4n) is 4.00. The number of amides is 1. The zero-order valence-corrected chi connectivity index (χ0v) is 16.1. The van der Waals surface area contributed by atoms with Gasteiger partial charge in [0.25, 0.3) is 5.91 Å². The molecular weight excluding hydrogens is 364 g/mol. The van der Waals surface area contributed by atoms with E-state index in [1.54, 1.807) is 0 Å². The Bertz CT molecular complexity index is 1160. The zero-order valence-electron chi connectivity index (χ0n) is 16.1. The highest BCUT2D eigenvalue weighted by Gasteiger charge is 2.24. The fourth-order valence-corrected chi connectivity index (χ4v) is 4.00. The normalized spacial score (nSPS) is 13.8. The summed E-state index contributed by atoms with van der Waals surface area (Å²) in [4.78, 5) is 13.1. The first kappa shape index (κ1) is 17.6. The molecule has 5 rings (SSSR count). The van der Waals surface area contributed by atoms with Crippen molar-refractivity contribution in [1.29, 1.82) is 0 Å². The molecule has 0 unspecified atom stereocenters. The van der Waals surface area contributed by atoms with Gasteiger partial charge in [-0.2, -0.15) is 5.10 Å². The number of para-hydroxylation sites is 1. The Morgan fingerprint density at radius 2 is 1.79 bits per heavy atom. The van der Waals surface area contributed by atoms with Crippen LogP contribution in [0, 0.1) is 0 Å². The lowest BCUT2D eigenvalue weighted by Crippen LogP contribution is -2.25. The van der Waals surface area contributed by atoms with Gasteiger partial charge in [-0.25, -0.2) is 4.68 Å². The minimum Gasteiger partial charge on any atom is -0.343 e. The van der Waals surface area contributed by atoms with Crippen molar-refractivity contribution >= 4 is 11.6 Å². The van der Waals surface area contributed by atoms with Gasteiger partial charge in [0.2, 0.25) is 0 Å². The molecule has 0 radical (unpaired) electrons. The smallest absolute Gasteiger partial charge is 0.272 e. The van der Waals surface area contributed by atoms with Gasteiger partial charge < -0.3 is 5.32 Å². The summed E-state index contributed by atoms with van der Waals surface area (Å²) in [5.41, 5.74) is 4.52. The van der Waals surface area contributed by atoms with Gasteiger partial charge in [-0.05, 0) is 49.9 Å². The molecule has 1 aliphatic rings. The average Bonchev–Trinajstić information content (AvgIpc) is 3.26. The summed E-state index contributed by atoms with van der Waals surface area (Å²) < 4.78 is 3.82. The van der Waals surface area contributed by atoms with Crippen LogP contribution < -0.4 is 5.32 Å². The van der Waals surface area contributed by atoms with E-state index < -0.39 is 0 Å². The number of fused-ring (bicyclic) bond motifs is 2. The second kappa shape index (κ2) is 7.50. The highest BCUT2D eigenvalue weighted by molar-refractivity contribution is 5.94. The summed E-state index contributed by atoms with van der Waals surface area (Å²) in [6.45, 7) is 0.303. The molecule has 3 heterocycles. The first-order valence-corrected chi connectivity index (χ1v) is 10.0. The Hall–Kier alpha value is -3.48. The number of benzene rings is 1. The first-order chi connectivity index (χ1) is 14.3. The quantitative estimate of drug-likeness (QED) is 0.547. The third-order valence-electron chi connectivity index (χ3n) is 5.44. The molecule has 0 bridgehead atoms. The van der Waals surface area contributed by atoms with Gasteiger partial charge in [0, 0.05) is 17.5 Å². The highest BCUT2D eigenvalue weighted by atomic mass is 16.2. The monoisotopic (exact) mass is 386 g/mol. The van der Waals surface area contributed by atoms with E-state index in [-0.39, 0.29) is 5.91 Å². The maximum atomic E-state index is 13.1. The highest BCUT2D eigenvalue weighted by Crippen LogP contribution is 2.26. The minimum atomic E-state index is -0.162. The lowest BCUT2D eigenvalue weighted by Gasteiger charge is -2.06. The largest absolute Gasteiger partial charge is 0.343 e. The number of carbonyl (C=O) groups is 1. The molecule has 1 N–H and O–H groups in total. The molecule has 1 aliphatic carbocycles. The Morgan fingerprint density at radius 1 is 0.966 bits per heavy atom. The molecule has 29 heavy (non-hydrogen) atoms. The second-order valence-corrected chi connectivity index (χ2v) is 7.31. The lowest BCUT2D eigenvalue weighted by atomic mass is 10.1. The molecule has 0 atom stereocenters. The molecule has 1 aromatic carbocycles. The van der Waals surface area contributed by atoms with Crippen molar-refractivity contribution in [1.82, 2.24) is 29.7 Å². The molecule has 1 amide bonds. The minimum absolute atomic E-state index is 0.162. The van der Waals surface area contributed by atoms with E-state index in [0.717, 1.165) is 48.3 Å². The fraction of sp³-hybridized carbons (Fsp3) is 0.273. The number of hydrogen-bond acceptors (Lipinski definition) is 4. The van der Waals surface area contributed by atoms with Crippen molar-refractivity contribution in [2.75, 3.05) is 0 Å². The SMILES string of the molecule is O=C(NCc1nnc2ccccn12)c1nn(-c2ccccc2)c2c1CCCCC2. The van der Waals surface area contributed by atoms with Gasteiger partial charge in [0.15, 0.2) is 17.2 Å². The Balaban J connectivity index is 1.45. The summed E-state index contributed by atoms with van der Waals surface area (Å²) in [5, 5.41) is 16.0. The van der Waals surface area contributed by atoms with Crippen molar-refractivity contribution in [2.45, 2.75) is 38.6 Å². The van der Waals surface area contributed by atoms with Crippen LogP contribution in [0.25, 0.3) is 11.3 Å². The van der Waals surface area contributed by atoms with Crippen molar-refractivity contribution in [3.8, 4) is 5.69 Å². The van der Waals surface area contributed by atoms with E-state index in [4.69, 9.17) is 5.10 Å². The van der Waals surface area contributed by atoms with Crippen LogP contribution in [-0.2, 0) is 19.4 Å². The predicted molar refractivity (Wildman–Crippen MR) is 109 cm³/mol. The summed E-state index contributed by atoms with van der Waals surface area (Å²) in [6, 6.07) is 15.8. The molecule has 3 aromatic heterocycles. The molecule has 4 aromatic rings. The standard InChI is InChI=1S/C22H22N6O/c29-22(23-15-20-25-24-19-13-7-8-14-27(19)20)21-17-11-5-2-6-12-18(17)28(26-21)16-9-3-1-4-10-16/h1,3-4,7-10,13-14H,2,5-6,11-12,15H2,(H,23,29). The van der Waals surface area contributed by atoms with Gasteiger partial charge >= 0.3 is 0 Å². The van der Waals surface area contributed by atoms with Gasteiger partial charge in [-0.3, -0.25) is 9.20 Å². The summed E-state index contributed by atoms with van der Waals surface area (Å²) in [6.07, 6.45) is 7.11. The van der Waals surface area contributed by atoms with Crippen LogP contribution in [0.4, 0.5) is 0 Å². The average molecular weight is 386 g/mol. The molecule has 7 nitrogen and oxygen atoms in total. The van der Waals surface area contributed by atoms with Crippen LogP contribution in [0.3, 0.4) is 0 Å². The van der Waals surface area contributed by atoms with E-state index in [1.165, 1.54) is 6.42 Å². The third kappa shape index (κ3) is 3.29. The van der Waals surface area contributed by atoms with E-state index in [2.05, 4.69) is 15.5 Å². The third-order valence-corrected chi connectivity index (χ3v) is 5.44. The first-order valence-electron chi connectivity index (χ1n) is 10.0. The van der Waals surface area contributed by atoms with Gasteiger partial charge in [-0.15, -0.1) is 10.2 Å². The summed E-state index contributed by atoms with van der Waals surface area (Å²) in [5.74, 6) is 0.535. The predicted octanol–water partition coefficient (Wildman–Crippen LogP) is 3.11. The van der Waals surface area contributed by atoms with Crippen LogP contribution in [0.5, 0.6) is 0 Å². The van der Waals surface area contributed by atoms with Crippen molar-refractivity contribution in [3.63, 3.8) is 0 Å². The molecule has 0 saturated carbocycles. The molecule has 0 saturated heterocycles. The Kier molecular flexibility index (Phi) is 4.56. The lowest BCUT2D eigenvalue weighted by molar-refractivity contribution is 0.0943. The maximum absolute atomic E-state index is 13.1. The molecular formula is C22H22N6O. The zero-order chi connectivity index (χ0) is 19.6. The van der Waals surface area contributed by atoms with Crippen molar-refractivity contribution < 1.29 is 4.79 Å². The molecule has 0 fully saturated rings. The Morgan fingerprint density at radius 3 is 2.69 bits per heavy atom. The summed E-state index contributed by atoms with van der Waals surface area (Å²) in [7, 11) is 0. The van der Waals surface area contributed by atoms with E-state index in [0.29, 0.717) is 18.1 Å². The van der Waals surface area contributed by atoms with Crippen LogP contribution in [-0.4, -0.2) is 30.3 Å². The van der Waals surface area contributed by atoms with Gasteiger partial charge in [0.1, 0.15) is 0 Å². The molecule has 7 heteroatoms. The van der Waals surface area contributed by atoms with E-state index in [1.807, 2.05) is 63.8 Å². The van der Waals surface area contributed by atoms with Crippen LogP contribution >= 0.6 is 0 Å². The molecule has 0 spiro atoms. The number of rotatable bonds is 4. The number of pyridine rings is 1. The number of carbonyl (C=O) groups excluding carboxylic acids is 1. The number of aromatic nitrogens is 5. The summed E-state index contributed by atoms with van der Waals surface area (Å²) >= 11 is 0. The van der Waals surface area contributed by atoms with Crippen molar-refractivity contribution in [3.05, 3.63) is 77.5 Å².